The monoisotopic (exact) mass is 294 g/mol. The molecular formula is C17H30N2S. The number of hydrogen-bond acceptors (Lipinski definition) is 3. The van der Waals surface area contributed by atoms with Crippen molar-refractivity contribution in [3.05, 3.63) is 0 Å². The first-order valence-electron chi connectivity index (χ1n) is 8.10. The molecule has 114 valence electrons. The standard InChI is InChI=1S/C17H30N2S/c1-12-10-19(11-13(2)20-12)16-8-15(17(3,4)5)7-6-14(16)9-18/h12-16H,6-8,10-11H2,1-5H3. The molecule has 20 heavy (non-hydrogen) atoms. The van der Waals surface area contributed by atoms with E-state index in [0.29, 0.717) is 22.0 Å². The molecule has 0 N–H and O–H groups in total. The molecular weight excluding hydrogens is 264 g/mol. The van der Waals surface area contributed by atoms with Crippen molar-refractivity contribution in [3.8, 4) is 6.07 Å². The lowest BCUT2D eigenvalue weighted by atomic mass is 9.67. The third-order valence-corrected chi connectivity index (χ3v) is 6.35. The van der Waals surface area contributed by atoms with Gasteiger partial charge in [-0.3, -0.25) is 4.90 Å². The highest BCUT2D eigenvalue weighted by atomic mass is 32.2. The van der Waals surface area contributed by atoms with E-state index >= 15 is 0 Å². The van der Waals surface area contributed by atoms with Crippen LogP contribution in [0.25, 0.3) is 0 Å². The summed E-state index contributed by atoms with van der Waals surface area (Å²) in [5.41, 5.74) is 0.375. The Morgan fingerprint density at radius 1 is 1.10 bits per heavy atom. The van der Waals surface area contributed by atoms with Gasteiger partial charge >= 0.3 is 0 Å². The minimum atomic E-state index is 0.246. The molecule has 0 amide bonds. The summed E-state index contributed by atoms with van der Waals surface area (Å²) in [5.74, 6) is 1.01. The van der Waals surface area contributed by atoms with E-state index in [1.165, 1.54) is 12.8 Å². The second kappa shape index (κ2) is 6.28. The van der Waals surface area contributed by atoms with Crippen molar-refractivity contribution in [2.24, 2.45) is 17.3 Å². The molecule has 2 fully saturated rings. The average molecular weight is 295 g/mol. The molecule has 5 unspecified atom stereocenters. The summed E-state index contributed by atoms with van der Waals surface area (Å²) in [7, 11) is 0. The zero-order chi connectivity index (χ0) is 14.9. The van der Waals surface area contributed by atoms with Gasteiger partial charge in [0.1, 0.15) is 0 Å². The van der Waals surface area contributed by atoms with E-state index in [0.717, 1.165) is 25.4 Å². The first-order chi connectivity index (χ1) is 9.31. The Morgan fingerprint density at radius 3 is 2.20 bits per heavy atom. The minimum absolute atomic E-state index is 0.246. The molecule has 2 rings (SSSR count). The van der Waals surface area contributed by atoms with Crippen LogP contribution in [0.15, 0.2) is 0 Å². The fourth-order valence-corrected chi connectivity index (χ4v) is 5.32. The van der Waals surface area contributed by atoms with Crippen LogP contribution in [0.1, 0.15) is 53.9 Å². The Labute approximate surface area is 129 Å². The average Bonchev–Trinajstić information content (AvgIpc) is 2.35. The van der Waals surface area contributed by atoms with Crippen LogP contribution in [0.4, 0.5) is 0 Å². The molecule has 0 aromatic heterocycles. The lowest BCUT2D eigenvalue weighted by Crippen LogP contribution is -2.52. The van der Waals surface area contributed by atoms with Gasteiger partial charge in [-0.05, 0) is 30.6 Å². The van der Waals surface area contributed by atoms with E-state index in [1.54, 1.807) is 0 Å². The van der Waals surface area contributed by atoms with Crippen LogP contribution in [0.2, 0.25) is 0 Å². The number of nitriles is 1. The molecule has 2 nitrogen and oxygen atoms in total. The summed E-state index contributed by atoms with van der Waals surface area (Å²) in [4.78, 5) is 2.64. The molecule has 0 aromatic rings. The van der Waals surface area contributed by atoms with Gasteiger partial charge in [0, 0.05) is 29.6 Å². The van der Waals surface area contributed by atoms with Crippen LogP contribution in [0, 0.1) is 28.6 Å². The summed E-state index contributed by atoms with van der Waals surface area (Å²) < 4.78 is 0. The van der Waals surface area contributed by atoms with Crippen LogP contribution >= 0.6 is 11.8 Å². The Bertz CT molecular complexity index is 358. The van der Waals surface area contributed by atoms with Crippen molar-refractivity contribution in [2.75, 3.05) is 13.1 Å². The SMILES string of the molecule is CC1CN(C2CC(C(C)(C)C)CCC2C#N)CC(C)S1. The Morgan fingerprint density at radius 2 is 1.70 bits per heavy atom. The minimum Gasteiger partial charge on any atom is -0.297 e. The topological polar surface area (TPSA) is 27.0 Å². The molecule has 0 spiro atoms. The quantitative estimate of drug-likeness (QED) is 0.726. The van der Waals surface area contributed by atoms with E-state index in [2.05, 4.69) is 57.3 Å². The Balaban J connectivity index is 2.11. The highest BCUT2D eigenvalue weighted by Crippen LogP contribution is 2.42. The molecule has 0 aromatic carbocycles. The van der Waals surface area contributed by atoms with E-state index in [4.69, 9.17) is 0 Å². The normalized spacial score (nSPS) is 40.3. The number of hydrogen-bond donors (Lipinski definition) is 0. The van der Waals surface area contributed by atoms with Crippen LogP contribution in [0.3, 0.4) is 0 Å². The first-order valence-corrected chi connectivity index (χ1v) is 9.04. The molecule has 3 heteroatoms. The molecule has 1 heterocycles. The smallest absolute Gasteiger partial charge is 0.0672 e. The second-order valence-electron chi connectivity index (χ2n) is 7.89. The Kier molecular flexibility index (Phi) is 5.08. The fraction of sp³-hybridized carbons (Fsp3) is 0.941. The van der Waals surface area contributed by atoms with Crippen molar-refractivity contribution in [3.63, 3.8) is 0 Å². The Hall–Kier alpha value is -0.200. The maximum atomic E-state index is 9.53. The van der Waals surface area contributed by atoms with Gasteiger partial charge in [0.2, 0.25) is 0 Å². The molecule has 1 saturated carbocycles. The van der Waals surface area contributed by atoms with Gasteiger partial charge in [-0.25, -0.2) is 0 Å². The summed E-state index contributed by atoms with van der Waals surface area (Å²) in [6.07, 6.45) is 3.53. The van der Waals surface area contributed by atoms with Gasteiger partial charge < -0.3 is 0 Å². The predicted octanol–water partition coefficient (Wildman–Crippen LogP) is 4.17. The summed E-state index contributed by atoms with van der Waals surface area (Å²) in [5, 5.41) is 10.9. The van der Waals surface area contributed by atoms with E-state index in [9.17, 15) is 5.26 Å². The van der Waals surface area contributed by atoms with Gasteiger partial charge in [-0.15, -0.1) is 0 Å². The molecule has 1 aliphatic carbocycles. The van der Waals surface area contributed by atoms with Gasteiger partial charge in [0.25, 0.3) is 0 Å². The molecule has 5 atom stereocenters. The molecule has 2 aliphatic rings. The van der Waals surface area contributed by atoms with Crippen molar-refractivity contribution in [1.29, 1.82) is 5.26 Å². The van der Waals surface area contributed by atoms with Gasteiger partial charge in [0.05, 0.1) is 12.0 Å². The van der Waals surface area contributed by atoms with Crippen LogP contribution in [0.5, 0.6) is 0 Å². The zero-order valence-electron chi connectivity index (χ0n) is 13.7. The summed E-state index contributed by atoms with van der Waals surface area (Å²) in [6.45, 7) is 14.1. The largest absolute Gasteiger partial charge is 0.297 e. The molecule has 0 radical (unpaired) electrons. The highest BCUT2D eigenvalue weighted by molar-refractivity contribution is 8.00. The van der Waals surface area contributed by atoms with Crippen molar-refractivity contribution >= 4 is 11.8 Å². The lowest BCUT2D eigenvalue weighted by Gasteiger charge is -2.47. The van der Waals surface area contributed by atoms with Gasteiger partial charge in [-0.1, -0.05) is 34.6 Å². The number of thioether (sulfide) groups is 1. The molecule has 1 aliphatic heterocycles. The van der Waals surface area contributed by atoms with Crippen molar-refractivity contribution < 1.29 is 0 Å². The second-order valence-corrected chi connectivity index (χ2v) is 9.77. The third kappa shape index (κ3) is 3.71. The maximum Gasteiger partial charge on any atom is 0.0672 e. The lowest BCUT2D eigenvalue weighted by molar-refractivity contribution is 0.0594. The molecule has 1 saturated heterocycles. The fourth-order valence-electron chi connectivity index (χ4n) is 3.98. The summed E-state index contributed by atoms with van der Waals surface area (Å²) in [6, 6.07) is 3.09. The van der Waals surface area contributed by atoms with Crippen LogP contribution in [-0.4, -0.2) is 34.5 Å². The molecule has 0 bridgehead atoms. The van der Waals surface area contributed by atoms with E-state index in [-0.39, 0.29) is 5.92 Å². The number of rotatable bonds is 1. The van der Waals surface area contributed by atoms with Crippen LogP contribution < -0.4 is 0 Å². The van der Waals surface area contributed by atoms with E-state index in [1.807, 2.05) is 0 Å². The van der Waals surface area contributed by atoms with Crippen molar-refractivity contribution in [1.82, 2.24) is 4.90 Å². The summed E-state index contributed by atoms with van der Waals surface area (Å²) >= 11 is 2.10. The third-order valence-electron chi connectivity index (χ3n) is 5.12. The highest BCUT2D eigenvalue weighted by Gasteiger charge is 2.40. The first kappa shape index (κ1) is 16.2. The maximum absolute atomic E-state index is 9.53. The van der Waals surface area contributed by atoms with Gasteiger partial charge in [0.15, 0.2) is 0 Å². The van der Waals surface area contributed by atoms with E-state index < -0.39 is 0 Å². The van der Waals surface area contributed by atoms with Crippen LogP contribution in [-0.2, 0) is 0 Å². The predicted molar refractivity (Wildman–Crippen MR) is 87.8 cm³/mol. The van der Waals surface area contributed by atoms with Crippen molar-refractivity contribution in [2.45, 2.75) is 70.4 Å². The number of nitrogens with zero attached hydrogens (tertiary/aromatic N) is 2. The van der Waals surface area contributed by atoms with Gasteiger partial charge in [-0.2, -0.15) is 17.0 Å². The zero-order valence-corrected chi connectivity index (χ0v) is 14.5.